The number of aryl methyl sites for hydroxylation is 1. The normalized spacial score (nSPS) is 15.0. The molecule has 1 aliphatic heterocycles. The Hall–Kier alpha value is -1.42. The Bertz CT molecular complexity index is 389. The smallest absolute Gasteiger partial charge is 0.271 e. The van der Waals surface area contributed by atoms with Gasteiger partial charge in [-0.25, -0.2) is 10.2 Å². The number of hydrogen-bond donors (Lipinski definition) is 1. The highest BCUT2D eigenvalue weighted by atomic mass is 19.1. The first-order valence-electron chi connectivity index (χ1n) is 3.95. The van der Waals surface area contributed by atoms with Crippen LogP contribution in [0.5, 0.6) is 0 Å². The number of nitrogens with zero attached hydrogens (tertiary/aromatic N) is 1. The van der Waals surface area contributed by atoms with Gasteiger partial charge in [-0.15, -0.1) is 0 Å². The zero-order valence-electron chi connectivity index (χ0n) is 7.17. The third-order valence-electron chi connectivity index (χ3n) is 2.13. The molecule has 1 aromatic carbocycles. The number of amides is 1. The van der Waals surface area contributed by atoms with Crippen LogP contribution in [0, 0.1) is 12.7 Å². The lowest BCUT2D eigenvalue weighted by Gasteiger charge is -2.04. The van der Waals surface area contributed by atoms with Gasteiger partial charge in [-0.05, 0) is 24.1 Å². The molecule has 1 heterocycles. The van der Waals surface area contributed by atoms with Crippen LogP contribution < -0.4 is 5.84 Å². The first-order valence-corrected chi connectivity index (χ1v) is 3.95. The Labute approximate surface area is 74.9 Å². The third kappa shape index (κ3) is 1.10. The van der Waals surface area contributed by atoms with E-state index >= 15 is 0 Å². The highest BCUT2D eigenvalue weighted by Crippen LogP contribution is 2.24. The van der Waals surface area contributed by atoms with Crippen LogP contribution in [0.2, 0.25) is 0 Å². The number of benzene rings is 1. The van der Waals surface area contributed by atoms with E-state index in [1.807, 2.05) is 0 Å². The van der Waals surface area contributed by atoms with Gasteiger partial charge in [0, 0.05) is 0 Å². The molecule has 0 saturated carbocycles. The molecule has 0 atom stereocenters. The van der Waals surface area contributed by atoms with Gasteiger partial charge in [0.25, 0.3) is 5.91 Å². The second-order valence-electron chi connectivity index (χ2n) is 3.21. The predicted molar refractivity (Wildman–Crippen MR) is 45.2 cm³/mol. The molecule has 0 saturated heterocycles. The summed E-state index contributed by atoms with van der Waals surface area (Å²) in [5.41, 5.74) is 1.59. The van der Waals surface area contributed by atoms with Crippen molar-refractivity contribution in [3.05, 3.63) is 34.6 Å². The summed E-state index contributed by atoms with van der Waals surface area (Å²) in [5.74, 6) is 4.45. The van der Waals surface area contributed by atoms with Crippen LogP contribution in [0.1, 0.15) is 21.5 Å². The molecular weight excluding hydrogens is 171 g/mol. The number of rotatable bonds is 0. The molecule has 13 heavy (non-hydrogen) atoms. The molecule has 0 fully saturated rings. The van der Waals surface area contributed by atoms with Crippen LogP contribution in [-0.2, 0) is 6.54 Å². The molecule has 1 aromatic rings. The maximum atomic E-state index is 13.3. The topological polar surface area (TPSA) is 46.3 Å². The average molecular weight is 180 g/mol. The van der Waals surface area contributed by atoms with Crippen molar-refractivity contribution < 1.29 is 9.18 Å². The van der Waals surface area contributed by atoms with Crippen molar-refractivity contribution in [2.75, 3.05) is 0 Å². The Kier molecular flexibility index (Phi) is 1.60. The number of carbonyl (C=O) groups excluding carboxylic acids is 1. The minimum absolute atomic E-state index is 0.119. The van der Waals surface area contributed by atoms with Gasteiger partial charge in [0.05, 0.1) is 12.1 Å². The van der Waals surface area contributed by atoms with Crippen LogP contribution in [0.15, 0.2) is 12.1 Å². The van der Waals surface area contributed by atoms with Gasteiger partial charge in [0.1, 0.15) is 5.82 Å². The molecule has 4 heteroatoms. The number of fused-ring (bicyclic) bond motifs is 1. The maximum Gasteiger partial charge on any atom is 0.271 e. The summed E-state index contributed by atoms with van der Waals surface area (Å²) >= 11 is 0. The van der Waals surface area contributed by atoms with Gasteiger partial charge < -0.3 is 0 Å². The molecular formula is C9H9FN2O. The second-order valence-corrected chi connectivity index (χ2v) is 3.21. The van der Waals surface area contributed by atoms with Crippen molar-refractivity contribution in [2.45, 2.75) is 13.5 Å². The van der Waals surface area contributed by atoms with Crippen molar-refractivity contribution in [1.29, 1.82) is 0 Å². The summed E-state index contributed by atoms with van der Waals surface area (Å²) in [7, 11) is 0. The first-order chi connectivity index (χ1) is 6.09. The van der Waals surface area contributed by atoms with E-state index in [0.717, 1.165) is 10.6 Å². The quantitative estimate of drug-likeness (QED) is 0.477. The van der Waals surface area contributed by atoms with Crippen LogP contribution in [0.25, 0.3) is 0 Å². The highest BCUT2D eigenvalue weighted by molar-refractivity contribution is 5.98. The molecule has 0 radical (unpaired) electrons. The number of nitrogens with two attached hydrogens (primary N) is 1. The molecule has 2 N–H and O–H groups in total. The van der Waals surface area contributed by atoms with Crippen molar-refractivity contribution in [3.63, 3.8) is 0 Å². The summed E-state index contributed by atoms with van der Waals surface area (Å²) < 4.78 is 13.3. The van der Waals surface area contributed by atoms with Crippen LogP contribution >= 0.6 is 0 Å². The molecule has 0 bridgehead atoms. The lowest BCUT2D eigenvalue weighted by atomic mass is 10.1. The Balaban J connectivity index is 2.64. The lowest BCUT2D eigenvalue weighted by molar-refractivity contribution is 0.0775. The van der Waals surface area contributed by atoms with Gasteiger partial charge in [-0.3, -0.25) is 9.80 Å². The summed E-state index contributed by atoms with van der Waals surface area (Å²) in [6, 6.07) is 3.12. The molecule has 68 valence electrons. The Morgan fingerprint density at radius 1 is 1.54 bits per heavy atom. The monoisotopic (exact) mass is 180 g/mol. The summed E-state index contributed by atoms with van der Waals surface area (Å²) in [4.78, 5) is 11.3. The van der Waals surface area contributed by atoms with Crippen LogP contribution in [0.3, 0.4) is 0 Å². The fraction of sp³-hybridized carbons (Fsp3) is 0.222. The zero-order valence-corrected chi connectivity index (χ0v) is 7.17. The summed E-state index contributed by atoms with van der Waals surface area (Å²) in [5, 5.41) is 1.02. The average Bonchev–Trinajstić information content (AvgIpc) is 2.27. The van der Waals surface area contributed by atoms with Gasteiger partial charge in [0.2, 0.25) is 0 Å². The SMILES string of the molecule is Cc1cc(F)c2c(c1)CN(N)C2=O. The second kappa shape index (κ2) is 2.53. The molecule has 0 aromatic heterocycles. The molecule has 0 spiro atoms. The van der Waals surface area contributed by atoms with Crippen molar-refractivity contribution in [1.82, 2.24) is 5.01 Å². The van der Waals surface area contributed by atoms with E-state index in [0.29, 0.717) is 12.1 Å². The van der Waals surface area contributed by atoms with Crippen molar-refractivity contribution in [3.8, 4) is 0 Å². The highest BCUT2D eigenvalue weighted by Gasteiger charge is 2.28. The fourth-order valence-corrected chi connectivity index (χ4v) is 1.58. The van der Waals surface area contributed by atoms with Gasteiger partial charge in [-0.2, -0.15) is 0 Å². The molecule has 1 aliphatic rings. The Morgan fingerprint density at radius 3 is 2.92 bits per heavy atom. The van der Waals surface area contributed by atoms with E-state index in [4.69, 9.17) is 5.84 Å². The Morgan fingerprint density at radius 2 is 2.23 bits per heavy atom. The molecule has 0 unspecified atom stereocenters. The molecule has 3 nitrogen and oxygen atoms in total. The van der Waals surface area contributed by atoms with E-state index in [1.165, 1.54) is 6.07 Å². The van der Waals surface area contributed by atoms with Crippen molar-refractivity contribution >= 4 is 5.91 Å². The fourth-order valence-electron chi connectivity index (χ4n) is 1.58. The van der Waals surface area contributed by atoms with E-state index in [1.54, 1.807) is 13.0 Å². The summed E-state index contributed by atoms with van der Waals surface area (Å²) in [6.07, 6.45) is 0. The molecule has 0 aliphatic carbocycles. The molecule has 1 amide bonds. The van der Waals surface area contributed by atoms with E-state index in [9.17, 15) is 9.18 Å². The van der Waals surface area contributed by atoms with Crippen LogP contribution in [0.4, 0.5) is 4.39 Å². The van der Waals surface area contributed by atoms with Crippen molar-refractivity contribution in [2.24, 2.45) is 5.84 Å². The number of hydrogen-bond acceptors (Lipinski definition) is 2. The number of hydrazine groups is 1. The van der Waals surface area contributed by atoms with Crippen LogP contribution in [-0.4, -0.2) is 10.9 Å². The first kappa shape index (κ1) is 8.19. The van der Waals surface area contributed by atoms with Gasteiger partial charge >= 0.3 is 0 Å². The summed E-state index contributed by atoms with van der Waals surface area (Å²) in [6.45, 7) is 2.08. The maximum absolute atomic E-state index is 13.3. The van der Waals surface area contributed by atoms with E-state index < -0.39 is 11.7 Å². The molecule has 2 rings (SSSR count). The predicted octanol–water partition coefficient (Wildman–Crippen LogP) is 0.964. The zero-order chi connectivity index (χ0) is 9.59. The number of carbonyl (C=O) groups is 1. The largest absolute Gasteiger partial charge is 0.272 e. The minimum atomic E-state index is -0.479. The van der Waals surface area contributed by atoms with Gasteiger partial charge in [0.15, 0.2) is 0 Å². The lowest BCUT2D eigenvalue weighted by Crippen LogP contribution is -2.31. The van der Waals surface area contributed by atoms with Gasteiger partial charge in [-0.1, -0.05) is 6.07 Å². The number of halogens is 1. The standard InChI is InChI=1S/C9H9FN2O/c1-5-2-6-4-12(11)9(13)8(6)7(10)3-5/h2-3H,4,11H2,1H3. The minimum Gasteiger partial charge on any atom is -0.272 e. The van der Waals surface area contributed by atoms with E-state index in [-0.39, 0.29) is 5.56 Å². The van der Waals surface area contributed by atoms with E-state index in [2.05, 4.69) is 0 Å². The third-order valence-corrected chi connectivity index (χ3v) is 2.13.